The van der Waals surface area contributed by atoms with Gasteiger partial charge in [-0.2, -0.15) is 13.6 Å². The van der Waals surface area contributed by atoms with E-state index in [1.165, 1.54) is 6.07 Å². The highest BCUT2D eigenvalue weighted by molar-refractivity contribution is 7.66. The number of anilines is 1. The topological polar surface area (TPSA) is 270 Å². The Balaban J connectivity index is 2.20. The lowest BCUT2D eigenvalue weighted by Gasteiger charge is -2.30. The van der Waals surface area contributed by atoms with E-state index in [0.717, 1.165) is 10.8 Å². The Morgan fingerprint density at radius 2 is 1.81 bits per heavy atom. The van der Waals surface area contributed by atoms with Gasteiger partial charge < -0.3 is 40.3 Å². The highest BCUT2D eigenvalue weighted by atomic mass is 35.5. The Morgan fingerprint density at radius 3 is 2.32 bits per heavy atom. The lowest BCUT2D eigenvalue weighted by molar-refractivity contribution is -0.113. The summed E-state index contributed by atoms with van der Waals surface area (Å²) in [6.07, 6.45) is -4.27. The quantitative estimate of drug-likeness (QED) is 0.139. The van der Waals surface area contributed by atoms with Crippen molar-refractivity contribution in [3.63, 3.8) is 0 Å². The van der Waals surface area contributed by atoms with Crippen LogP contribution < -0.4 is 11.4 Å². The van der Waals surface area contributed by atoms with Crippen LogP contribution in [0.3, 0.4) is 0 Å². The molecule has 31 heavy (non-hydrogen) atoms. The molecule has 2 heterocycles. The van der Waals surface area contributed by atoms with Gasteiger partial charge in [0.25, 0.3) is 0 Å². The minimum Gasteiger partial charge on any atom is -0.387 e. The van der Waals surface area contributed by atoms with Gasteiger partial charge in [-0.3, -0.25) is 9.09 Å². The summed E-state index contributed by atoms with van der Waals surface area (Å²) in [4.78, 5) is 51.1. The molecular weight excluding hydrogens is 514 g/mol. The van der Waals surface area contributed by atoms with Crippen LogP contribution in [0.1, 0.15) is 6.23 Å². The smallest absolute Gasteiger partial charge is 0.387 e. The molecule has 6 atom stereocenters. The third kappa shape index (κ3) is 6.63. The molecule has 0 saturated carbocycles. The van der Waals surface area contributed by atoms with Crippen LogP contribution in [0.4, 0.5) is 5.82 Å². The third-order valence-electron chi connectivity index (χ3n) is 3.75. The summed E-state index contributed by atoms with van der Waals surface area (Å²) in [7, 11) is -16.9. The van der Waals surface area contributed by atoms with Crippen molar-refractivity contribution in [2.75, 3.05) is 18.2 Å². The molecule has 1 aromatic heterocycles. The van der Waals surface area contributed by atoms with E-state index in [9.17, 15) is 33.6 Å². The zero-order chi connectivity index (χ0) is 23.8. The van der Waals surface area contributed by atoms with Crippen molar-refractivity contribution >= 4 is 40.9 Å². The first-order chi connectivity index (χ1) is 14.0. The Morgan fingerprint density at radius 1 is 1.19 bits per heavy atom. The minimum absolute atomic E-state index is 0.148. The average Bonchev–Trinajstić information content (AvgIpc) is 2.82. The second-order valence-electron chi connectivity index (χ2n) is 6.05. The number of halogens is 1. The number of aromatic nitrogens is 2. The molecule has 17 nitrogen and oxygen atoms in total. The molecule has 0 bridgehead atoms. The van der Waals surface area contributed by atoms with Crippen LogP contribution in [0.5, 0.6) is 0 Å². The number of phosphoric ester groups is 1. The summed E-state index contributed by atoms with van der Waals surface area (Å²) < 4.78 is 51.5. The van der Waals surface area contributed by atoms with Crippen molar-refractivity contribution in [2.24, 2.45) is 0 Å². The van der Waals surface area contributed by atoms with Gasteiger partial charge in [-0.05, 0) is 6.07 Å². The van der Waals surface area contributed by atoms with E-state index < -0.39 is 65.7 Å². The van der Waals surface area contributed by atoms with Crippen LogP contribution in [-0.2, 0) is 31.6 Å². The fourth-order valence-electron chi connectivity index (χ4n) is 2.45. The molecule has 2 rings (SSSR count). The standard InChI is InChI=1S/C10H17ClN3O14P3/c11-3-10(4-25-30(21,22)28-31(23,24)27-29(18,19)20)7(16)6(15)8(26-10)14-2-1-5(12)13-9(14)17/h1-2,6-8,15-16H,3-4H2,(H,21,22)(H,23,24)(H2,12,13,17)(H2,18,19,20)/t6-,7+,8-,10-/m1/s1. The van der Waals surface area contributed by atoms with Gasteiger partial charge in [-0.15, -0.1) is 11.6 Å². The van der Waals surface area contributed by atoms with Crippen molar-refractivity contribution in [1.82, 2.24) is 9.55 Å². The number of hydrogen-bond acceptors (Lipinski definition) is 12. The van der Waals surface area contributed by atoms with Crippen molar-refractivity contribution < 1.29 is 61.4 Å². The van der Waals surface area contributed by atoms with E-state index in [1.807, 2.05) is 0 Å². The number of aliphatic hydroxyl groups is 2. The van der Waals surface area contributed by atoms with E-state index >= 15 is 0 Å². The number of phosphoric acid groups is 3. The SMILES string of the molecule is Nc1ccn([C@@H]2O[C@](CCl)(COP(=O)(O)OP(=O)(O)OP(=O)(O)O)[C@@H](O)[C@H]2O)c(=O)n1. The van der Waals surface area contributed by atoms with Gasteiger partial charge in [0.2, 0.25) is 0 Å². The highest BCUT2D eigenvalue weighted by Crippen LogP contribution is 2.66. The number of hydrogen-bond donors (Lipinski definition) is 7. The van der Waals surface area contributed by atoms with Crippen molar-refractivity contribution in [2.45, 2.75) is 24.0 Å². The molecule has 0 radical (unpaired) electrons. The molecule has 1 aliphatic heterocycles. The molecule has 1 saturated heterocycles. The van der Waals surface area contributed by atoms with E-state index in [2.05, 4.69) is 18.1 Å². The summed E-state index contributed by atoms with van der Waals surface area (Å²) in [5, 5.41) is 20.6. The van der Waals surface area contributed by atoms with Gasteiger partial charge >= 0.3 is 29.2 Å². The van der Waals surface area contributed by atoms with E-state index in [0.29, 0.717) is 0 Å². The van der Waals surface area contributed by atoms with E-state index in [4.69, 9.17) is 36.8 Å². The first-order valence-electron chi connectivity index (χ1n) is 7.74. The summed E-state index contributed by atoms with van der Waals surface area (Å²) in [6, 6.07) is 1.18. The molecule has 21 heteroatoms. The molecule has 178 valence electrons. The van der Waals surface area contributed by atoms with Crippen LogP contribution in [0.2, 0.25) is 0 Å². The maximum atomic E-state index is 12.0. The Kier molecular flexibility index (Phi) is 7.91. The van der Waals surface area contributed by atoms with Crippen LogP contribution in [-0.4, -0.2) is 69.6 Å². The van der Waals surface area contributed by atoms with E-state index in [-0.39, 0.29) is 5.82 Å². The van der Waals surface area contributed by atoms with Gasteiger partial charge in [0, 0.05) is 6.20 Å². The molecular formula is C10H17ClN3O14P3. The number of nitrogens with zero attached hydrogens (tertiary/aromatic N) is 2. The van der Waals surface area contributed by atoms with Gasteiger partial charge in [0.15, 0.2) is 6.23 Å². The Hall–Kier alpha value is -0.740. The van der Waals surface area contributed by atoms with Gasteiger partial charge in [-0.25, -0.2) is 18.5 Å². The number of ether oxygens (including phenoxy) is 1. The fourth-order valence-corrected chi connectivity index (χ4v) is 5.83. The van der Waals surface area contributed by atoms with Crippen LogP contribution in [0, 0.1) is 0 Å². The van der Waals surface area contributed by atoms with Crippen molar-refractivity contribution in [3.05, 3.63) is 22.7 Å². The number of nitrogens with two attached hydrogens (primary N) is 1. The zero-order valence-corrected chi connectivity index (χ0v) is 18.4. The van der Waals surface area contributed by atoms with Gasteiger partial charge in [0.05, 0.1) is 12.5 Å². The molecule has 8 N–H and O–H groups in total. The van der Waals surface area contributed by atoms with Crippen molar-refractivity contribution in [1.29, 1.82) is 0 Å². The fraction of sp³-hybridized carbons (Fsp3) is 0.600. The number of nitrogen functional groups attached to an aromatic ring is 1. The molecule has 1 aromatic rings. The predicted molar refractivity (Wildman–Crippen MR) is 98.3 cm³/mol. The maximum absolute atomic E-state index is 12.0. The largest absolute Gasteiger partial charge is 0.490 e. The monoisotopic (exact) mass is 531 g/mol. The molecule has 1 fully saturated rings. The minimum atomic E-state index is -5.78. The maximum Gasteiger partial charge on any atom is 0.490 e. The molecule has 0 spiro atoms. The second-order valence-corrected chi connectivity index (χ2v) is 10.7. The first-order valence-corrected chi connectivity index (χ1v) is 12.8. The second kappa shape index (κ2) is 9.25. The van der Waals surface area contributed by atoms with Gasteiger partial charge in [-0.1, -0.05) is 0 Å². The predicted octanol–water partition coefficient (Wildman–Crippen LogP) is -1.60. The lowest BCUT2D eigenvalue weighted by atomic mass is 9.98. The zero-order valence-electron chi connectivity index (χ0n) is 14.9. The number of aliphatic hydroxyl groups excluding tert-OH is 2. The summed E-state index contributed by atoms with van der Waals surface area (Å²) in [5.41, 5.74) is 2.23. The van der Waals surface area contributed by atoms with E-state index in [1.54, 1.807) is 0 Å². The summed E-state index contributed by atoms with van der Waals surface area (Å²) in [6.45, 7) is -1.16. The molecule has 0 aromatic carbocycles. The highest BCUT2D eigenvalue weighted by Gasteiger charge is 2.56. The molecule has 0 aliphatic carbocycles. The average molecular weight is 532 g/mol. The summed E-state index contributed by atoms with van der Waals surface area (Å²) in [5.74, 6) is -0.847. The Labute approximate surface area is 177 Å². The normalized spacial score (nSPS) is 30.6. The number of alkyl halides is 1. The van der Waals surface area contributed by atoms with Crippen LogP contribution >= 0.6 is 35.1 Å². The lowest BCUT2D eigenvalue weighted by Crippen LogP contribution is -2.48. The van der Waals surface area contributed by atoms with Crippen LogP contribution in [0.15, 0.2) is 17.1 Å². The Bertz CT molecular complexity index is 1020. The van der Waals surface area contributed by atoms with Crippen LogP contribution in [0.25, 0.3) is 0 Å². The van der Waals surface area contributed by atoms with Gasteiger partial charge in [0.1, 0.15) is 23.6 Å². The number of rotatable bonds is 9. The third-order valence-corrected chi connectivity index (χ3v) is 7.98. The molecule has 1 aliphatic rings. The molecule has 0 amide bonds. The first kappa shape index (κ1) is 26.5. The summed E-state index contributed by atoms with van der Waals surface area (Å²) >= 11 is 5.75. The van der Waals surface area contributed by atoms with Crippen molar-refractivity contribution in [3.8, 4) is 0 Å². The molecule has 2 unspecified atom stereocenters.